The second kappa shape index (κ2) is 4.72. The third kappa shape index (κ3) is 1.96. The zero-order valence-corrected chi connectivity index (χ0v) is 12.3. The molecule has 3 heteroatoms. The van der Waals surface area contributed by atoms with Crippen molar-refractivity contribution in [2.45, 2.75) is 40.0 Å². The quantitative estimate of drug-likeness (QED) is 0.735. The highest BCUT2D eigenvalue weighted by atomic mass is 16.2. The summed E-state index contributed by atoms with van der Waals surface area (Å²) in [5.41, 5.74) is 2.85. The molecule has 3 atom stereocenters. The summed E-state index contributed by atoms with van der Waals surface area (Å²) in [5.74, 6) is 0.400. The van der Waals surface area contributed by atoms with Gasteiger partial charge in [-0.15, -0.1) is 0 Å². The molecule has 1 aromatic carbocycles. The molecule has 3 nitrogen and oxygen atoms in total. The molecule has 1 aromatic rings. The van der Waals surface area contributed by atoms with Crippen LogP contribution >= 0.6 is 0 Å². The van der Waals surface area contributed by atoms with E-state index in [4.69, 9.17) is 0 Å². The summed E-state index contributed by atoms with van der Waals surface area (Å²) in [6.07, 6.45) is 2.77. The van der Waals surface area contributed by atoms with Crippen molar-refractivity contribution in [3.8, 4) is 0 Å². The van der Waals surface area contributed by atoms with E-state index in [1.165, 1.54) is 4.90 Å². The van der Waals surface area contributed by atoms with Crippen LogP contribution in [0.2, 0.25) is 0 Å². The standard InChI is InChI=1S/C17H21NO2/c1-10-5-7-13-14(8-10)17(20)18(16(13)19)15-9-11(2)4-6-12(15)3/h4,6,9-10,13-14H,5,7-8H2,1-3H3/t10-,13-,14+/m0/s1. The smallest absolute Gasteiger partial charge is 0.237 e. The zero-order valence-electron chi connectivity index (χ0n) is 12.3. The normalized spacial score (nSPS) is 29.8. The molecule has 2 aliphatic rings. The van der Waals surface area contributed by atoms with E-state index in [0.717, 1.165) is 36.1 Å². The van der Waals surface area contributed by atoms with E-state index >= 15 is 0 Å². The number of hydrogen-bond donors (Lipinski definition) is 0. The van der Waals surface area contributed by atoms with Gasteiger partial charge in [-0.05, 0) is 56.2 Å². The van der Waals surface area contributed by atoms with Crippen LogP contribution in [-0.2, 0) is 9.59 Å². The summed E-state index contributed by atoms with van der Waals surface area (Å²) in [6.45, 7) is 6.12. The first-order valence-electron chi connectivity index (χ1n) is 7.44. The summed E-state index contributed by atoms with van der Waals surface area (Å²) in [5, 5.41) is 0. The third-order valence-corrected chi connectivity index (χ3v) is 4.79. The van der Waals surface area contributed by atoms with Gasteiger partial charge in [-0.2, -0.15) is 0 Å². The van der Waals surface area contributed by atoms with E-state index in [0.29, 0.717) is 5.92 Å². The Morgan fingerprint density at radius 1 is 1.05 bits per heavy atom. The van der Waals surface area contributed by atoms with Crippen LogP contribution in [0, 0.1) is 31.6 Å². The highest BCUT2D eigenvalue weighted by Crippen LogP contribution is 2.42. The van der Waals surface area contributed by atoms with Gasteiger partial charge < -0.3 is 0 Å². The molecule has 0 spiro atoms. The van der Waals surface area contributed by atoms with Gasteiger partial charge in [0, 0.05) is 0 Å². The fourth-order valence-electron chi connectivity index (χ4n) is 3.59. The Bertz CT molecular complexity index is 578. The molecule has 1 aliphatic carbocycles. The van der Waals surface area contributed by atoms with Gasteiger partial charge in [-0.1, -0.05) is 19.1 Å². The molecule has 1 heterocycles. The van der Waals surface area contributed by atoms with E-state index in [2.05, 4.69) is 6.92 Å². The van der Waals surface area contributed by atoms with Crippen molar-refractivity contribution in [2.75, 3.05) is 4.90 Å². The summed E-state index contributed by atoms with van der Waals surface area (Å²) < 4.78 is 0. The van der Waals surface area contributed by atoms with Crippen molar-refractivity contribution in [1.82, 2.24) is 0 Å². The number of nitrogens with zero attached hydrogens (tertiary/aromatic N) is 1. The van der Waals surface area contributed by atoms with Crippen LogP contribution in [0.1, 0.15) is 37.3 Å². The predicted molar refractivity (Wildman–Crippen MR) is 78.4 cm³/mol. The lowest BCUT2D eigenvalue weighted by Gasteiger charge is -2.25. The first kappa shape index (κ1) is 13.3. The molecule has 1 saturated carbocycles. The average molecular weight is 271 g/mol. The summed E-state index contributed by atoms with van der Waals surface area (Å²) in [6, 6.07) is 5.95. The zero-order chi connectivity index (χ0) is 14.4. The number of anilines is 1. The molecular weight excluding hydrogens is 250 g/mol. The molecule has 3 rings (SSSR count). The maximum atomic E-state index is 12.7. The predicted octanol–water partition coefficient (Wildman–Crippen LogP) is 3.23. The molecule has 0 aromatic heterocycles. The van der Waals surface area contributed by atoms with Crippen LogP contribution in [0.5, 0.6) is 0 Å². The minimum Gasteiger partial charge on any atom is -0.274 e. The van der Waals surface area contributed by atoms with E-state index in [-0.39, 0.29) is 23.7 Å². The molecule has 0 unspecified atom stereocenters. The Morgan fingerprint density at radius 3 is 2.50 bits per heavy atom. The Morgan fingerprint density at radius 2 is 1.75 bits per heavy atom. The van der Waals surface area contributed by atoms with Gasteiger partial charge in [0.15, 0.2) is 0 Å². The van der Waals surface area contributed by atoms with Crippen LogP contribution in [-0.4, -0.2) is 11.8 Å². The topological polar surface area (TPSA) is 37.4 Å². The maximum Gasteiger partial charge on any atom is 0.237 e. The summed E-state index contributed by atoms with van der Waals surface area (Å²) >= 11 is 0. The van der Waals surface area contributed by atoms with Gasteiger partial charge in [0.2, 0.25) is 11.8 Å². The number of carbonyl (C=O) groups is 2. The minimum atomic E-state index is -0.0915. The highest BCUT2D eigenvalue weighted by molar-refractivity contribution is 6.22. The molecule has 106 valence electrons. The Balaban J connectivity index is 2.00. The molecule has 2 amide bonds. The third-order valence-electron chi connectivity index (χ3n) is 4.79. The molecule has 1 saturated heterocycles. The van der Waals surface area contributed by atoms with Crippen LogP contribution in [0.3, 0.4) is 0 Å². The second-order valence-corrected chi connectivity index (χ2v) is 6.43. The highest BCUT2D eigenvalue weighted by Gasteiger charge is 2.50. The van der Waals surface area contributed by atoms with Gasteiger partial charge in [0.05, 0.1) is 17.5 Å². The van der Waals surface area contributed by atoms with Crippen LogP contribution in [0.15, 0.2) is 18.2 Å². The largest absolute Gasteiger partial charge is 0.274 e. The van der Waals surface area contributed by atoms with E-state index in [1.54, 1.807) is 0 Å². The van der Waals surface area contributed by atoms with Crippen molar-refractivity contribution in [3.05, 3.63) is 29.3 Å². The number of fused-ring (bicyclic) bond motifs is 1. The van der Waals surface area contributed by atoms with E-state index in [9.17, 15) is 9.59 Å². The second-order valence-electron chi connectivity index (χ2n) is 6.43. The summed E-state index contributed by atoms with van der Waals surface area (Å²) in [4.78, 5) is 26.7. The summed E-state index contributed by atoms with van der Waals surface area (Å²) in [7, 11) is 0. The lowest BCUT2D eigenvalue weighted by molar-refractivity contribution is -0.122. The number of carbonyl (C=O) groups excluding carboxylic acids is 2. The van der Waals surface area contributed by atoms with Crippen LogP contribution in [0.25, 0.3) is 0 Å². The number of imide groups is 1. The molecule has 1 aliphatic heterocycles. The molecule has 0 N–H and O–H groups in total. The van der Waals surface area contributed by atoms with E-state index in [1.807, 2.05) is 32.0 Å². The van der Waals surface area contributed by atoms with Gasteiger partial charge in [-0.25, -0.2) is 4.90 Å². The van der Waals surface area contributed by atoms with Gasteiger partial charge >= 0.3 is 0 Å². The lowest BCUT2D eigenvalue weighted by Crippen LogP contribution is -2.31. The van der Waals surface area contributed by atoms with Crippen molar-refractivity contribution in [3.63, 3.8) is 0 Å². The molecule has 20 heavy (non-hydrogen) atoms. The molecule has 0 bridgehead atoms. The first-order valence-corrected chi connectivity index (χ1v) is 7.44. The number of amides is 2. The van der Waals surface area contributed by atoms with Crippen molar-refractivity contribution in [1.29, 1.82) is 0 Å². The van der Waals surface area contributed by atoms with Crippen molar-refractivity contribution in [2.24, 2.45) is 17.8 Å². The number of aryl methyl sites for hydroxylation is 2. The van der Waals surface area contributed by atoms with Crippen molar-refractivity contribution < 1.29 is 9.59 Å². The first-order chi connectivity index (χ1) is 9.49. The van der Waals surface area contributed by atoms with E-state index < -0.39 is 0 Å². The number of hydrogen-bond acceptors (Lipinski definition) is 2. The van der Waals surface area contributed by atoms with Crippen LogP contribution in [0.4, 0.5) is 5.69 Å². The fourth-order valence-corrected chi connectivity index (χ4v) is 3.59. The SMILES string of the molecule is Cc1ccc(C)c(N2C(=O)[C@H]3CC[C@H](C)C[C@H]3C2=O)c1. The fraction of sp³-hybridized carbons (Fsp3) is 0.529. The van der Waals surface area contributed by atoms with Crippen molar-refractivity contribution >= 4 is 17.5 Å². The number of benzene rings is 1. The number of rotatable bonds is 1. The maximum absolute atomic E-state index is 12.7. The Kier molecular flexibility index (Phi) is 3.15. The minimum absolute atomic E-state index is 0.0141. The molecular formula is C17H21NO2. The Hall–Kier alpha value is -1.64. The molecule has 2 fully saturated rings. The molecule has 0 radical (unpaired) electrons. The van der Waals surface area contributed by atoms with Gasteiger partial charge in [-0.3, -0.25) is 9.59 Å². The van der Waals surface area contributed by atoms with Gasteiger partial charge in [0.25, 0.3) is 0 Å². The Labute approximate surface area is 120 Å². The van der Waals surface area contributed by atoms with Crippen LogP contribution < -0.4 is 4.90 Å². The monoisotopic (exact) mass is 271 g/mol. The average Bonchev–Trinajstić information content (AvgIpc) is 2.65. The lowest BCUT2D eigenvalue weighted by atomic mass is 9.76. The van der Waals surface area contributed by atoms with Gasteiger partial charge in [0.1, 0.15) is 0 Å².